The first-order valence-electron chi connectivity index (χ1n) is 4.96. The fourth-order valence-electron chi connectivity index (χ4n) is 2.01. The third kappa shape index (κ3) is 1.28. The zero-order valence-electron chi connectivity index (χ0n) is 8.18. The van der Waals surface area contributed by atoms with Gasteiger partial charge in [-0.05, 0) is 11.1 Å². The van der Waals surface area contributed by atoms with Gasteiger partial charge in [0.25, 0.3) is 5.56 Å². The smallest absolute Gasteiger partial charge is 0.253 e. The molecule has 74 valence electrons. The number of benzene rings is 1. The third-order valence-corrected chi connectivity index (χ3v) is 2.81. The summed E-state index contributed by atoms with van der Waals surface area (Å²) in [4.78, 5) is 15.8. The summed E-state index contributed by atoms with van der Waals surface area (Å²) in [6, 6.07) is 9.70. The molecule has 3 rings (SSSR count). The lowest BCUT2D eigenvalue weighted by molar-refractivity contribution is 0.649. The molecule has 1 aliphatic heterocycles. The van der Waals surface area contributed by atoms with E-state index < -0.39 is 0 Å². The predicted molar refractivity (Wildman–Crippen MR) is 56.8 cm³/mol. The van der Waals surface area contributed by atoms with Crippen molar-refractivity contribution >= 4 is 0 Å². The number of hydrogen-bond acceptors (Lipinski definition) is 2. The zero-order chi connectivity index (χ0) is 10.3. The molecular weight excluding hydrogens is 188 g/mol. The van der Waals surface area contributed by atoms with E-state index in [-0.39, 0.29) is 5.56 Å². The highest BCUT2D eigenvalue weighted by Gasteiger charge is 2.15. The maximum absolute atomic E-state index is 11.6. The molecule has 0 spiro atoms. The molecular formula is C12H10N2O. The van der Waals surface area contributed by atoms with E-state index >= 15 is 0 Å². The average molecular weight is 198 g/mol. The molecule has 0 atom stereocenters. The number of aromatic nitrogens is 2. The van der Waals surface area contributed by atoms with Gasteiger partial charge in [-0.2, -0.15) is 0 Å². The molecule has 1 aromatic carbocycles. The Kier molecular flexibility index (Phi) is 1.71. The van der Waals surface area contributed by atoms with Crippen molar-refractivity contribution in [2.45, 2.75) is 13.0 Å². The van der Waals surface area contributed by atoms with Crippen molar-refractivity contribution in [1.82, 2.24) is 9.55 Å². The van der Waals surface area contributed by atoms with E-state index in [9.17, 15) is 4.79 Å². The Morgan fingerprint density at radius 2 is 1.93 bits per heavy atom. The Labute approximate surface area is 87.0 Å². The van der Waals surface area contributed by atoms with Gasteiger partial charge in [0.1, 0.15) is 5.82 Å². The van der Waals surface area contributed by atoms with Crippen LogP contribution in [0.15, 0.2) is 41.3 Å². The summed E-state index contributed by atoms with van der Waals surface area (Å²) in [5.41, 5.74) is 2.53. The van der Waals surface area contributed by atoms with E-state index in [2.05, 4.69) is 17.1 Å². The molecule has 0 saturated heterocycles. The van der Waals surface area contributed by atoms with E-state index in [4.69, 9.17) is 0 Å². The fourth-order valence-corrected chi connectivity index (χ4v) is 2.01. The summed E-state index contributed by atoms with van der Waals surface area (Å²) in [5.74, 6) is 0.862. The van der Waals surface area contributed by atoms with Crippen molar-refractivity contribution in [2.75, 3.05) is 0 Å². The van der Waals surface area contributed by atoms with Crippen LogP contribution in [0, 0.1) is 0 Å². The maximum atomic E-state index is 11.6. The van der Waals surface area contributed by atoms with Gasteiger partial charge in [0, 0.05) is 18.7 Å². The van der Waals surface area contributed by atoms with E-state index in [1.807, 2.05) is 12.1 Å². The largest absolute Gasteiger partial charge is 0.292 e. The van der Waals surface area contributed by atoms with Crippen molar-refractivity contribution in [3.8, 4) is 0 Å². The van der Waals surface area contributed by atoms with Crippen LogP contribution in [0.5, 0.6) is 0 Å². The lowest BCUT2D eigenvalue weighted by atomic mass is 10.0. The van der Waals surface area contributed by atoms with Gasteiger partial charge >= 0.3 is 0 Å². The fraction of sp³-hybridized carbons (Fsp3) is 0.167. The topological polar surface area (TPSA) is 34.9 Å². The minimum absolute atomic E-state index is 0.0366. The van der Waals surface area contributed by atoms with Gasteiger partial charge in [-0.1, -0.05) is 24.3 Å². The Morgan fingerprint density at radius 1 is 1.13 bits per heavy atom. The van der Waals surface area contributed by atoms with Crippen LogP contribution in [0.1, 0.15) is 17.0 Å². The average Bonchev–Trinajstić information content (AvgIpc) is 2.27. The Morgan fingerprint density at radius 3 is 2.80 bits per heavy atom. The second-order valence-corrected chi connectivity index (χ2v) is 3.73. The van der Waals surface area contributed by atoms with Crippen LogP contribution in [-0.4, -0.2) is 9.55 Å². The summed E-state index contributed by atoms with van der Waals surface area (Å²) < 4.78 is 1.74. The number of hydrogen-bond donors (Lipinski definition) is 0. The molecule has 0 fully saturated rings. The van der Waals surface area contributed by atoms with Gasteiger partial charge in [0.05, 0.1) is 6.54 Å². The van der Waals surface area contributed by atoms with Gasteiger partial charge < -0.3 is 0 Å². The minimum Gasteiger partial charge on any atom is -0.292 e. The summed E-state index contributed by atoms with van der Waals surface area (Å²) >= 11 is 0. The third-order valence-electron chi connectivity index (χ3n) is 2.81. The molecule has 0 radical (unpaired) electrons. The Hall–Kier alpha value is -1.90. The van der Waals surface area contributed by atoms with Gasteiger partial charge in [0.15, 0.2) is 0 Å². The van der Waals surface area contributed by atoms with Gasteiger partial charge in [0.2, 0.25) is 0 Å². The van der Waals surface area contributed by atoms with Gasteiger partial charge in [-0.15, -0.1) is 0 Å². The Bertz CT molecular complexity index is 572. The van der Waals surface area contributed by atoms with Crippen molar-refractivity contribution in [1.29, 1.82) is 0 Å². The molecule has 0 unspecified atom stereocenters. The van der Waals surface area contributed by atoms with Crippen LogP contribution in [0.4, 0.5) is 0 Å². The van der Waals surface area contributed by atoms with Crippen LogP contribution in [0.2, 0.25) is 0 Å². The summed E-state index contributed by atoms with van der Waals surface area (Å²) in [7, 11) is 0. The molecule has 2 heterocycles. The maximum Gasteiger partial charge on any atom is 0.253 e. The quantitative estimate of drug-likeness (QED) is 0.544. The van der Waals surface area contributed by atoms with Crippen molar-refractivity contribution in [3.63, 3.8) is 0 Å². The van der Waals surface area contributed by atoms with Crippen molar-refractivity contribution in [2.24, 2.45) is 0 Å². The highest BCUT2D eigenvalue weighted by molar-refractivity contribution is 5.32. The molecule has 3 nitrogen and oxygen atoms in total. The van der Waals surface area contributed by atoms with E-state index in [1.165, 1.54) is 17.2 Å². The molecule has 0 amide bonds. The molecule has 2 aromatic rings. The first-order chi connectivity index (χ1) is 7.34. The lowest BCUT2D eigenvalue weighted by Crippen LogP contribution is -2.28. The molecule has 0 aliphatic carbocycles. The molecule has 1 aliphatic rings. The SMILES string of the molecule is O=c1ccnc2n1Cc1ccccc1C2. The van der Waals surface area contributed by atoms with Crippen LogP contribution in [0.3, 0.4) is 0 Å². The monoisotopic (exact) mass is 198 g/mol. The summed E-state index contributed by atoms with van der Waals surface area (Å²) in [5, 5.41) is 0. The molecule has 3 heteroatoms. The highest BCUT2D eigenvalue weighted by atomic mass is 16.1. The first kappa shape index (κ1) is 8.41. The van der Waals surface area contributed by atoms with Gasteiger partial charge in [-0.3, -0.25) is 9.36 Å². The lowest BCUT2D eigenvalue weighted by Gasteiger charge is -2.19. The number of fused-ring (bicyclic) bond motifs is 2. The highest BCUT2D eigenvalue weighted by Crippen LogP contribution is 2.18. The van der Waals surface area contributed by atoms with Crippen LogP contribution < -0.4 is 5.56 Å². The molecule has 0 N–H and O–H groups in total. The second kappa shape index (κ2) is 3.05. The van der Waals surface area contributed by atoms with Crippen LogP contribution >= 0.6 is 0 Å². The molecule has 0 saturated carbocycles. The molecule has 1 aromatic heterocycles. The minimum atomic E-state index is 0.0366. The van der Waals surface area contributed by atoms with Crippen LogP contribution in [0.25, 0.3) is 0 Å². The van der Waals surface area contributed by atoms with Crippen molar-refractivity contribution in [3.05, 3.63) is 63.8 Å². The first-order valence-corrected chi connectivity index (χ1v) is 4.96. The standard InChI is InChI=1S/C12H10N2O/c15-12-5-6-13-11-7-9-3-1-2-4-10(9)8-14(11)12/h1-6H,7-8H2. The van der Waals surface area contributed by atoms with Gasteiger partial charge in [-0.25, -0.2) is 4.98 Å². The second-order valence-electron chi connectivity index (χ2n) is 3.73. The number of nitrogens with zero attached hydrogens (tertiary/aromatic N) is 2. The number of rotatable bonds is 0. The van der Waals surface area contributed by atoms with E-state index in [1.54, 1.807) is 10.8 Å². The summed E-state index contributed by atoms with van der Waals surface area (Å²) in [6.45, 7) is 0.651. The normalized spacial score (nSPS) is 13.1. The van der Waals surface area contributed by atoms with E-state index in [0.717, 1.165) is 12.2 Å². The Balaban J connectivity index is 2.19. The predicted octanol–water partition coefficient (Wildman–Crippen LogP) is 1.20. The summed E-state index contributed by atoms with van der Waals surface area (Å²) in [6.07, 6.45) is 2.34. The van der Waals surface area contributed by atoms with Crippen LogP contribution in [-0.2, 0) is 13.0 Å². The molecule has 0 bridgehead atoms. The van der Waals surface area contributed by atoms with Crippen molar-refractivity contribution < 1.29 is 0 Å². The van der Waals surface area contributed by atoms with E-state index in [0.29, 0.717) is 6.54 Å². The molecule has 15 heavy (non-hydrogen) atoms. The zero-order valence-corrected chi connectivity index (χ0v) is 8.18.